The van der Waals surface area contributed by atoms with E-state index in [9.17, 15) is 4.79 Å². The van der Waals surface area contributed by atoms with E-state index >= 15 is 0 Å². The third-order valence-electron chi connectivity index (χ3n) is 1.93. The molecule has 0 saturated carbocycles. The summed E-state index contributed by atoms with van der Waals surface area (Å²) < 4.78 is 0.939. The van der Waals surface area contributed by atoms with Gasteiger partial charge in [0.15, 0.2) is 0 Å². The molecule has 86 valence electrons. The van der Waals surface area contributed by atoms with E-state index < -0.39 is 0 Å². The highest BCUT2D eigenvalue weighted by Crippen LogP contribution is 2.30. The number of unbranched alkanes of at least 4 members (excludes halogenated alkanes) is 2. The SMILES string of the molecule is C#CCCCCNC(=O)c1cc(Cl)sc1Cl. The monoisotopic (exact) mass is 275 g/mol. The van der Waals surface area contributed by atoms with E-state index in [2.05, 4.69) is 11.2 Å². The van der Waals surface area contributed by atoms with Gasteiger partial charge in [0, 0.05) is 13.0 Å². The summed E-state index contributed by atoms with van der Waals surface area (Å²) in [7, 11) is 0. The summed E-state index contributed by atoms with van der Waals surface area (Å²) in [5, 5.41) is 2.77. The van der Waals surface area contributed by atoms with Gasteiger partial charge in [-0.3, -0.25) is 4.79 Å². The lowest BCUT2D eigenvalue weighted by atomic mass is 10.2. The Bertz CT molecular complexity index is 409. The zero-order valence-corrected chi connectivity index (χ0v) is 10.9. The van der Waals surface area contributed by atoms with Crippen LogP contribution in [-0.2, 0) is 0 Å². The average molecular weight is 276 g/mol. The van der Waals surface area contributed by atoms with Crippen LogP contribution < -0.4 is 5.32 Å². The molecular formula is C11H11Cl2NOS. The Morgan fingerprint density at radius 3 is 2.81 bits per heavy atom. The second-order valence-corrected chi connectivity index (χ2v) is 5.44. The molecule has 0 bridgehead atoms. The Morgan fingerprint density at radius 1 is 1.50 bits per heavy atom. The van der Waals surface area contributed by atoms with Crippen LogP contribution in [0.15, 0.2) is 6.07 Å². The van der Waals surface area contributed by atoms with Crippen molar-refractivity contribution < 1.29 is 4.79 Å². The molecule has 1 N–H and O–H groups in total. The number of hydrogen-bond donors (Lipinski definition) is 1. The van der Waals surface area contributed by atoms with Crippen LogP contribution in [0.2, 0.25) is 8.67 Å². The summed E-state index contributed by atoms with van der Waals surface area (Å²) >= 11 is 12.8. The van der Waals surface area contributed by atoms with Crippen LogP contribution in [0.5, 0.6) is 0 Å². The summed E-state index contributed by atoms with van der Waals surface area (Å²) in [4.78, 5) is 11.6. The van der Waals surface area contributed by atoms with Crippen molar-refractivity contribution in [1.29, 1.82) is 0 Å². The summed E-state index contributed by atoms with van der Waals surface area (Å²) in [6, 6.07) is 1.57. The van der Waals surface area contributed by atoms with Crippen molar-refractivity contribution in [2.75, 3.05) is 6.54 Å². The van der Waals surface area contributed by atoms with E-state index in [-0.39, 0.29) is 5.91 Å². The van der Waals surface area contributed by atoms with Crippen molar-refractivity contribution in [3.63, 3.8) is 0 Å². The van der Waals surface area contributed by atoms with Gasteiger partial charge in [-0.2, -0.15) is 0 Å². The molecule has 1 aromatic heterocycles. The van der Waals surface area contributed by atoms with Gasteiger partial charge < -0.3 is 5.32 Å². The maximum Gasteiger partial charge on any atom is 0.253 e. The van der Waals surface area contributed by atoms with E-state index in [4.69, 9.17) is 29.6 Å². The van der Waals surface area contributed by atoms with Gasteiger partial charge in [0.05, 0.1) is 9.90 Å². The van der Waals surface area contributed by atoms with Crippen LogP contribution in [-0.4, -0.2) is 12.5 Å². The number of rotatable bonds is 5. The van der Waals surface area contributed by atoms with Gasteiger partial charge >= 0.3 is 0 Å². The van der Waals surface area contributed by atoms with Crippen LogP contribution in [0.4, 0.5) is 0 Å². The molecule has 1 aromatic rings. The highest BCUT2D eigenvalue weighted by Gasteiger charge is 2.13. The molecule has 0 radical (unpaired) electrons. The minimum atomic E-state index is -0.186. The van der Waals surface area contributed by atoms with Crippen molar-refractivity contribution >= 4 is 40.4 Å². The fourth-order valence-corrected chi connectivity index (χ4v) is 2.60. The minimum Gasteiger partial charge on any atom is -0.352 e. The van der Waals surface area contributed by atoms with Crippen LogP contribution in [0.25, 0.3) is 0 Å². The molecule has 0 aliphatic rings. The maximum absolute atomic E-state index is 11.6. The number of carbonyl (C=O) groups is 1. The first-order valence-corrected chi connectivity index (χ1v) is 6.39. The molecule has 16 heavy (non-hydrogen) atoms. The van der Waals surface area contributed by atoms with Gasteiger partial charge in [-0.15, -0.1) is 23.7 Å². The topological polar surface area (TPSA) is 29.1 Å². The molecule has 0 atom stereocenters. The lowest BCUT2D eigenvalue weighted by Gasteiger charge is -2.02. The lowest BCUT2D eigenvalue weighted by Crippen LogP contribution is -2.24. The zero-order valence-electron chi connectivity index (χ0n) is 8.56. The molecule has 0 unspecified atom stereocenters. The first kappa shape index (κ1) is 13.4. The molecule has 0 spiro atoms. The fourth-order valence-electron chi connectivity index (χ4n) is 1.14. The highest BCUT2D eigenvalue weighted by molar-refractivity contribution is 7.20. The van der Waals surface area contributed by atoms with Crippen LogP contribution >= 0.6 is 34.5 Å². The number of thiophene rings is 1. The van der Waals surface area contributed by atoms with Gasteiger partial charge in [0.2, 0.25) is 0 Å². The Hall–Kier alpha value is -0.690. The van der Waals surface area contributed by atoms with E-state index in [1.54, 1.807) is 6.07 Å². The molecule has 5 heteroatoms. The van der Waals surface area contributed by atoms with Gasteiger partial charge in [-0.25, -0.2) is 0 Å². The Balaban J connectivity index is 2.36. The number of halogens is 2. The van der Waals surface area contributed by atoms with Gasteiger partial charge in [-0.1, -0.05) is 23.2 Å². The average Bonchev–Trinajstić information content (AvgIpc) is 2.57. The smallest absolute Gasteiger partial charge is 0.253 e. The van der Waals surface area contributed by atoms with Crippen LogP contribution in [0, 0.1) is 12.3 Å². The van der Waals surface area contributed by atoms with E-state index in [1.807, 2.05) is 0 Å². The van der Waals surface area contributed by atoms with Crippen molar-refractivity contribution in [2.24, 2.45) is 0 Å². The van der Waals surface area contributed by atoms with Crippen molar-refractivity contribution in [3.8, 4) is 12.3 Å². The lowest BCUT2D eigenvalue weighted by molar-refractivity contribution is 0.0953. The summed E-state index contributed by atoms with van der Waals surface area (Å²) in [6.45, 7) is 0.601. The number of amides is 1. The normalized spacial score (nSPS) is 9.81. The van der Waals surface area contributed by atoms with Gasteiger partial charge in [0.1, 0.15) is 4.34 Å². The first-order chi connectivity index (χ1) is 7.65. The van der Waals surface area contributed by atoms with Gasteiger partial charge in [-0.05, 0) is 18.9 Å². The Kier molecular flexibility index (Phi) is 5.68. The predicted octanol–water partition coefficient (Wildman–Crippen LogP) is 3.59. The largest absolute Gasteiger partial charge is 0.352 e. The minimum absolute atomic E-state index is 0.186. The standard InChI is InChI=1S/C11H11Cl2NOS/c1-2-3-4-5-6-14-11(15)8-7-9(12)16-10(8)13/h1,7H,3-6H2,(H,14,15). The number of carbonyl (C=O) groups excluding carboxylic acids is 1. The third-order valence-corrected chi connectivity index (χ3v) is 3.42. The molecule has 1 heterocycles. The van der Waals surface area contributed by atoms with E-state index in [1.165, 1.54) is 11.3 Å². The predicted molar refractivity (Wildman–Crippen MR) is 69.4 cm³/mol. The third kappa shape index (κ3) is 4.05. The van der Waals surface area contributed by atoms with E-state index in [0.29, 0.717) is 20.8 Å². The van der Waals surface area contributed by atoms with Crippen molar-refractivity contribution in [3.05, 3.63) is 20.3 Å². The second kappa shape index (κ2) is 6.80. The van der Waals surface area contributed by atoms with Crippen LogP contribution in [0.3, 0.4) is 0 Å². The quantitative estimate of drug-likeness (QED) is 0.646. The van der Waals surface area contributed by atoms with Gasteiger partial charge in [0.25, 0.3) is 5.91 Å². The molecule has 0 aromatic carbocycles. The molecule has 0 aliphatic carbocycles. The highest BCUT2D eigenvalue weighted by atomic mass is 35.5. The molecule has 0 saturated heterocycles. The van der Waals surface area contributed by atoms with Crippen molar-refractivity contribution in [2.45, 2.75) is 19.3 Å². The Labute approximate surface area is 109 Å². The molecule has 1 amide bonds. The number of hydrogen-bond acceptors (Lipinski definition) is 2. The Morgan fingerprint density at radius 2 is 2.25 bits per heavy atom. The molecule has 1 rings (SSSR count). The number of terminal acetylenes is 1. The second-order valence-electron chi connectivity index (χ2n) is 3.16. The molecular weight excluding hydrogens is 265 g/mol. The molecule has 2 nitrogen and oxygen atoms in total. The van der Waals surface area contributed by atoms with E-state index in [0.717, 1.165) is 19.3 Å². The summed E-state index contributed by atoms with van der Waals surface area (Å²) in [6.07, 6.45) is 7.63. The summed E-state index contributed by atoms with van der Waals surface area (Å²) in [5.41, 5.74) is 0.439. The fraction of sp³-hybridized carbons (Fsp3) is 0.364. The zero-order chi connectivity index (χ0) is 12.0. The number of nitrogens with one attached hydrogen (secondary N) is 1. The first-order valence-electron chi connectivity index (χ1n) is 4.81. The summed E-state index contributed by atoms with van der Waals surface area (Å²) in [5.74, 6) is 2.36. The molecule has 0 fully saturated rings. The maximum atomic E-state index is 11.6. The van der Waals surface area contributed by atoms with Crippen molar-refractivity contribution in [1.82, 2.24) is 5.32 Å². The molecule has 0 aliphatic heterocycles. The van der Waals surface area contributed by atoms with Crippen LogP contribution in [0.1, 0.15) is 29.6 Å².